The molecule has 3 saturated heterocycles. The Morgan fingerprint density at radius 3 is 2.28 bits per heavy atom. The molecule has 0 radical (unpaired) electrons. The standard InChI is InChI=1S/C24H37N7O/c32-23(26-20-7-14-29(15-8-20)18-17-28-10-5-6-11-28)21-19-25-24-27-22(9-16-31(21)24)30-12-3-1-2-4-13-30/h9,16,19-20H,1-8,10-15,17-18H2,(H,26,32). The third kappa shape index (κ3) is 5.07. The normalized spacial score (nSPS) is 21.8. The van der Waals surface area contributed by atoms with E-state index in [4.69, 9.17) is 4.98 Å². The first-order valence-electron chi connectivity index (χ1n) is 12.6. The third-order valence-electron chi connectivity index (χ3n) is 7.38. The van der Waals surface area contributed by atoms with Crippen molar-refractivity contribution in [1.82, 2.24) is 29.5 Å². The number of carbonyl (C=O) groups is 1. The zero-order valence-electron chi connectivity index (χ0n) is 19.2. The van der Waals surface area contributed by atoms with E-state index >= 15 is 0 Å². The molecule has 8 nitrogen and oxygen atoms in total. The zero-order valence-corrected chi connectivity index (χ0v) is 19.2. The summed E-state index contributed by atoms with van der Waals surface area (Å²) in [6.45, 7) is 9.09. The Morgan fingerprint density at radius 2 is 1.56 bits per heavy atom. The summed E-state index contributed by atoms with van der Waals surface area (Å²) >= 11 is 0. The van der Waals surface area contributed by atoms with Crippen molar-refractivity contribution in [2.24, 2.45) is 0 Å². The number of carbonyl (C=O) groups excluding carboxylic acids is 1. The summed E-state index contributed by atoms with van der Waals surface area (Å²) in [6, 6.07) is 2.26. The van der Waals surface area contributed by atoms with Gasteiger partial charge in [0.2, 0.25) is 5.78 Å². The molecule has 0 aromatic carbocycles. The number of rotatable bonds is 6. The number of anilines is 1. The van der Waals surface area contributed by atoms with Crippen LogP contribution >= 0.6 is 0 Å². The van der Waals surface area contributed by atoms with E-state index in [0.717, 1.165) is 51.4 Å². The number of nitrogens with one attached hydrogen (secondary N) is 1. The Hall–Kier alpha value is -2.19. The molecule has 3 fully saturated rings. The van der Waals surface area contributed by atoms with Crippen molar-refractivity contribution in [3.05, 3.63) is 24.2 Å². The van der Waals surface area contributed by atoms with Crippen LogP contribution in [0.5, 0.6) is 0 Å². The summed E-state index contributed by atoms with van der Waals surface area (Å²) in [6.07, 6.45) is 13.4. The fourth-order valence-electron chi connectivity index (χ4n) is 5.35. The number of imidazole rings is 1. The molecule has 2 aromatic rings. The minimum atomic E-state index is -0.0441. The van der Waals surface area contributed by atoms with Crippen LogP contribution in [0.25, 0.3) is 5.78 Å². The molecule has 8 heteroatoms. The van der Waals surface area contributed by atoms with Gasteiger partial charge in [-0.15, -0.1) is 0 Å². The zero-order chi connectivity index (χ0) is 21.8. The lowest BCUT2D eigenvalue weighted by molar-refractivity contribution is 0.0902. The minimum absolute atomic E-state index is 0.0441. The van der Waals surface area contributed by atoms with Gasteiger partial charge in [-0.05, 0) is 57.7 Å². The van der Waals surface area contributed by atoms with Gasteiger partial charge in [-0.25, -0.2) is 4.98 Å². The van der Waals surface area contributed by atoms with Crippen LogP contribution in [-0.2, 0) is 0 Å². The molecule has 3 aliphatic heterocycles. The Kier molecular flexibility index (Phi) is 6.88. The third-order valence-corrected chi connectivity index (χ3v) is 7.38. The molecule has 174 valence electrons. The Balaban J connectivity index is 1.14. The summed E-state index contributed by atoms with van der Waals surface area (Å²) in [4.78, 5) is 29.6. The van der Waals surface area contributed by atoms with Gasteiger partial charge < -0.3 is 20.0 Å². The van der Waals surface area contributed by atoms with Crippen molar-refractivity contribution in [2.45, 2.75) is 57.4 Å². The van der Waals surface area contributed by atoms with Crippen molar-refractivity contribution in [2.75, 3.05) is 57.3 Å². The molecule has 0 unspecified atom stereocenters. The lowest BCUT2D eigenvalue weighted by Crippen LogP contribution is -2.46. The van der Waals surface area contributed by atoms with E-state index in [1.165, 1.54) is 58.2 Å². The summed E-state index contributed by atoms with van der Waals surface area (Å²) in [5.74, 6) is 1.53. The van der Waals surface area contributed by atoms with Gasteiger partial charge in [-0.3, -0.25) is 9.20 Å². The van der Waals surface area contributed by atoms with E-state index in [9.17, 15) is 4.79 Å². The van der Waals surface area contributed by atoms with Crippen LogP contribution in [0.3, 0.4) is 0 Å². The molecule has 32 heavy (non-hydrogen) atoms. The quantitative estimate of drug-likeness (QED) is 0.746. The summed E-state index contributed by atoms with van der Waals surface area (Å²) in [5.41, 5.74) is 0.575. The number of piperidine rings is 1. The smallest absolute Gasteiger partial charge is 0.270 e. The number of fused-ring (bicyclic) bond motifs is 1. The fraction of sp³-hybridized carbons (Fsp3) is 0.708. The highest BCUT2D eigenvalue weighted by Gasteiger charge is 2.23. The Labute approximate surface area is 191 Å². The van der Waals surface area contributed by atoms with Gasteiger partial charge >= 0.3 is 0 Å². The molecule has 0 aliphatic carbocycles. The van der Waals surface area contributed by atoms with Gasteiger partial charge in [0.15, 0.2) is 0 Å². The second kappa shape index (κ2) is 10.2. The molecular formula is C24H37N7O. The van der Waals surface area contributed by atoms with Crippen LogP contribution in [0.4, 0.5) is 5.82 Å². The maximum Gasteiger partial charge on any atom is 0.270 e. The summed E-state index contributed by atoms with van der Waals surface area (Å²) in [7, 11) is 0. The van der Waals surface area contributed by atoms with Crippen LogP contribution < -0.4 is 10.2 Å². The van der Waals surface area contributed by atoms with E-state index in [0.29, 0.717) is 11.5 Å². The topological polar surface area (TPSA) is 69.0 Å². The predicted molar refractivity (Wildman–Crippen MR) is 126 cm³/mol. The van der Waals surface area contributed by atoms with Gasteiger partial charge in [0.25, 0.3) is 5.91 Å². The average Bonchev–Trinajstić information content (AvgIpc) is 3.41. The Bertz CT molecular complexity index is 891. The highest BCUT2D eigenvalue weighted by Crippen LogP contribution is 2.19. The van der Waals surface area contributed by atoms with Gasteiger partial charge in [-0.2, -0.15) is 4.98 Å². The van der Waals surface area contributed by atoms with E-state index in [2.05, 4.69) is 25.0 Å². The second-order valence-corrected chi connectivity index (χ2v) is 9.64. The fourth-order valence-corrected chi connectivity index (χ4v) is 5.35. The summed E-state index contributed by atoms with van der Waals surface area (Å²) < 4.78 is 1.82. The molecule has 5 heterocycles. The molecule has 1 N–H and O–H groups in total. The van der Waals surface area contributed by atoms with Crippen LogP contribution in [0.1, 0.15) is 61.9 Å². The first-order chi connectivity index (χ1) is 15.8. The number of nitrogens with zero attached hydrogens (tertiary/aromatic N) is 6. The molecule has 2 aromatic heterocycles. The average molecular weight is 440 g/mol. The number of amides is 1. The van der Waals surface area contributed by atoms with E-state index < -0.39 is 0 Å². The van der Waals surface area contributed by atoms with Crippen LogP contribution in [0, 0.1) is 0 Å². The van der Waals surface area contributed by atoms with Crippen molar-refractivity contribution >= 4 is 17.5 Å². The lowest BCUT2D eigenvalue weighted by atomic mass is 10.0. The maximum absolute atomic E-state index is 13.0. The van der Waals surface area contributed by atoms with Crippen LogP contribution in [0.2, 0.25) is 0 Å². The molecule has 0 bridgehead atoms. The Morgan fingerprint density at radius 1 is 0.906 bits per heavy atom. The highest BCUT2D eigenvalue weighted by molar-refractivity contribution is 5.93. The summed E-state index contributed by atoms with van der Waals surface area (Å²) in [5, 5.41) is 3.24. The molecule has 0 atom stereocenters. The van der Waals surface area contributed by atoms with Crippen molar-refractivity contribution < 1.29 is 4.79 Å². The van der Waals surface area contributed by atoms with Gasteiger partial charge in [0, 0.05) is 51.5 Å². The molecule has 5 rings (SSSR count). The largest absolute Gasteiger partial charge is 0.356 e. The predicted octanol–water partition coefficient (Wildman–Crippen LogP) is 2.40. The van der Waals surface area contributed by atoms with Crippen LogP contribution in [-0.4, -0.2) is 88.5 Å². The van der Waals surface area contributed by atoms with Crippen LogP contribution in [0.15, 0.2) is 18.5 Å². The number of hydrogen-bond donors (Lipinski definition) is 1. The number of likely N-dealkylation sites (tertiary alicyclic amines) is 2. The maximum atomic E-state index is 13.0. The first-order valence-corrected chi connectivity index (χ1v) is 12.6. The van der Waals surface area contributed by atoms with Gasteiger partial charge in [-0.1, -0.05) is 12.8 Å². The number of hydrogen-bond acceptors (Lipinski definition) is 6. The van der Waals surface area contributed by atoms with Gasteiger partial charge in [0.1, 0.15) is 11.5 Å². The highest BCUT2D eigenvalue weighted by atomic mass is 16.2. The monoisotopic (exact) mass is 439 g/mol. The minimum Gasteiger partial charge on any atom is -0.356 e. The lowest BCUT2D eigenvalue weighted by Gasteiger charge is -2.33. The van der Waals surface area contributed by atoms with E-state index in [1.807, 2.05) is 16.7 Å². The van der Waals surface area contributed by atoms with Crippen molar-refractivity contribution in [3.63, 3.8) is 0 Å². The molecule has 0 spiro atoms. The molecule has 0 saturated carbocycles. The van der Waals surface area contributed by atoms with Crippen molar-refractivity contribution in [3.8, 4) is 0 Å². The van der Waals surface area contributed by atoms with E-state index in [1.54, 1.807) is 6.20 Å². The SMILES string of the molecule is O=C(NC1CCN(CCN2CCCC2)CC1)c1cnc2nc(N3CCCCCC3)ccn12. The molecule has 1 amide bonds. The van der Waals surface area contributed by atoms with Gasteiger partial charge in [0.05, 0.1) is 6.20 Å². The first kappa shape index (κ1) is 21.6. The molecular weight excluding hydrogens is 402 g/mol. The number of aromatic nitrogens is 3. The second-order valence-electron chi connectivity index (χ2n) is 9.64. The van der Waals surface area contributed by atoms with E-state index in [-0.39, 0.29) is 11.9 Å². The van der Waals surface area contributed by atoms with Crippen molar-refractivity contribution in [1.29, 1.82) is 0 Å². The molecule has 3 aliphatic rings.